The van der Waals surface area contributed by atoms with Gasteiger partial charge in [0.25, 0.3) is 0 Å². The summed E-state index contributed by atoms with van der Waals surface area (Å²) in [5.41, 5.74) is 8.94. The molecule has 10 N–H and O–H groups in total. The van der Waals surface area contributed by atoms with E-state index < -0.39 is 0 Å². The van der Waals surface area contributed by atoms with E-state index in [1.54, 1.807) is 0 Å². The Labute approximate surface area is 98.3 Å². The van der Waals surface area contributed by atoms with E-state index in [1.807, 2.05) is 0 Å². The number of hydrogen-bond acceptors (Lipinski definition) is 4. The van der Waals surface area contributed by atoms with Crippen LogP contribution < -0.4 is 23.8 Å². The van der Waals surface area contributed by atoms with Crippen molar-refractivity contribution in [1.29, 1.82) is 0 Å². The summed E-state index contributed by atoms with van der Waals surface area (Å²) in [7, 11) is 0. The molecule has 0 aromatic rings. The van der Waals surface area contributed by atoms with E-state index in [2.05, 4.69) is 11.5 Å². The standard InChI is InChI=1S/C6H12.2C2H5NO.2H3N/c1-2-4-6-5-3-1;2*1-2(3)4;;/h1-6H2;2*1H3,(H2,3,4);2*1H3. The van der Waals surface area contributed by atoms with Gasteiger partial charge >= 0.3 is 0 Å². The molecule has 1 rings (SSSR count). The largest absolute Gasteiger partial charge is 0.370 e. The van der Waals surface area contributed by atoms with E-state index in [0.29, 0.717) is 0 Å². The van der Waals surface area contributed by atoms with Crippen molar-refractivity contribution in [3.63, 3.8) is 0 Å². The lowest BCUT2D eigenvalue weighted by atomic mass is 10.0. The average molecular weight is 236 g/mol. The van der Waals surface area contributed by atoms with E-state index in [9.17, 15) is 9.59 Å². The van der Waals surface area contributed by atoms with E-state index in [1.165, 1.54) is 52.4 Å². The average Bonchev–Trinajstić information content (AvgIpc) is 2.05. The van der Waals surface area contributed by atoms with E-state index in [-0.39, 0.29) is 24.1 Å². The maximum Gasteiger partial charge on any atom is 0.214 e. The smallest absolute Gasteiger partial charge is 0.214 e. The molecule has 1 saturated carbocycles. The lowest BCUT2D eigenvalue weighted by Gasteiger charge is -2.05. The monoisotopic (exact) mass is 236 g/mol. The Morgan fingerprint density at radius 3 is 0.812 bits per heavy atom. The lowest BCUT2D eigenvalue weighted by molar-refractivity contribution is -0.116. The highest BCUT2D eigenvalue weighted by atomic mass is 16.1. The second-order valence-corrected chi connectivity index (χ2v) is 3.34. The molecule has 0 bridgehead atoms. The Hall–Kier alpha value is -1.14. The molecule has 1 fully saturated rings. The first-order valence-corrected chi connectivity index (χ1v) is 4.99. The van der Waals surface area contributed by atoms with Gasteiger partial charge in [0.2, 0.25) is 11.8 Å². The quantitative estimate of drug-likeness (QED) is 0.504. The van der Waals surface area contributed by atoms with Gasteiger partial charge in [-0.15, -0.1) is 0 Å². The van der Waals surface area contributed by atoms with Gasteiger partial charge in [-0.25, -0.2) is 0 Å². The van der Waals surface area contributed by atoms with Crippen LogP contribution in [0, 0.1) is 0 Å². The van der Waals surface area contributed by atoms with E-state index >= 15 is 0 Å². The van der Waals surface area contributed by atoms with Gasteiger partial charge < -0.3 is 23.8 Å². The van der Waals surface area contributed by atoms with Crippen molar-refractivity contribution in [3.8, 4) is 0 Å². The number of primary amides is 2. The summed E-state index contributed by atoms with van der Waals surface area (Å²) < 4.78 is 0. The van der Waals surface area contributed by atoms with Crippen LogP contribution in [0.5, 0.6) is 0 Å². The van der Waals surface area contributed by atoms with Crippen LogP contribution in [0.15, 0.2) is 0 Å². The first kappa shape index (κ1) is 24.2. The van der Waals surface area contributed by atoms with Crippen molar-refractivity contribution in [2.75, 3.05) is 0 Å². The molecular formula is C10H28N4O2. The number of hydrogen-bond donors (Lipinski definition) is 4. The van der Waals surface area contributed by atoms with Gasteiger partial charge in [0.15, 0.2) is 0 Å². The predicted molar refractivity (Wildman–Crippen MR) is 67.5 cm³/mol. The van der Waals surface area contributed by atoms with Gasteiger partial charge in [-0.3, -0.25) is 9.59 Å². The van der Waals surface area contributed by atoms with Crippen LogP contribution in [-0.2, 0) is 9.59 Å². The molecular weight excluding hydrogens is 208 g/mol. The molecule has 16 heavy (non-hydrogen) atoms. The maximum atomic E-state index is 9.22. The Morgan fingerprint density at radius 1 is 0.688 bits per heavy atom. The molecule has 0 aromatic heterocycles. The van der Waals surface area contributed by atoms with Crippen LogP contribution >= 0.6 is 0 Å². The molecule has 1 aliphatic rings. The molecule has 0 spiro atoms. The van der Waals surface area contributed by atoms with Crippen LogP contribution in [0.2, 0.25) is 0 Å². The Balaban J connectivity index is -0.0000000660. The third-order valence-corrected chi connectivity index (χ3v) is 1.50. The molecule has 0 radical (unpaired) electrons. The van der Waals surface area contributed by atoms with Crippen molar-refractivity contribution in [3.05, 3.63) is 0 Å². The van der Waals surface area contributed by atoms with Crippen molar-refractivity contribution in [1.82, 2.24) is 12.3 Å². The molecule has 6 heteroatoms. The van der Waals surface area contributed by atoms with E-state index in [4.69, 9.17) is 0 Å². The summed E-state index contributed by atoms with van der Waals surface area (Å²) in [6.45, 7) is 2.61. The first-order chi connectivity index (χ1) is 6.46. The van der Waals surface area contributed by atoms with Crippen molar-refractivity contribution in [2.24, 2.45) is 11.5 Å². The molecule has 0 aromatic carbocycles. The summed E-state index contributed by atoms with van der Waals surface area (Å²) in [6, 6.07) is 0. The molecule has 0 aliphatic heterocycles. The van der Waals surface area contributed by atoms with E-state index in [0.717, 1.165) is 0 Å². The van der Waals surface area contributed by atoms with Gasteiger partial charge in [0.1, 0.15) is 0 Å². The van der Waals surface area contributed by atoms with Gasteiger partial charge in [0, 0.05) is 13.8 Å². The number of nitrogens with two attached hydrogens (primary N) is 2. The second kappa shape index (κ2) is 19.4. The Morgan fingerprint density at radius 2 is 0.750 bits per heavy atom. The predicted octanol–water partition coefficient (Wildman–Crippen LogP) is 1.65. The summed E-state index contributed by atoms with van der Waals surface area (Å²) in [5.74, 6) is -0.667. The van der Waals surface area contributed by atoms with Gasteiger partial charge in [0.05, 0.1) is 0 Å². The van der Waals surface area contributed by atoms with Crippen LogP contribution in [0.25, 0.3) is 0 Å². The highest BCUT2D eigenvalue weighted by molar-refractivity contribution is 5.70. The molecule has 0 unspecified atom stereocenters. The summed E-state index contributed by atoms with van der Waals surface area (Å²) >= 11 is 0. The normalized spacial score (nSPS) is 12.1. The molecule has 1 aliphatic carbocycles. The third kappa shape index (κ3) is 76.6. The number of carbonyl (C=O) groups is 2. The Bertz CT molecular complexity index is 127. The zero-order chi connectivity index (χ0) is 11.4. The fourth-order valence-corrected chi connectivity index (χ4v) is 1.06. The third-order valence-electron chi connectivity index (χ3n) is 1.50. The second-order valence-electron chi connectivity index (χ2n) is 3.34. The molecule has 2 amide bonds. The number of rotatable bonds is 0. The van der Waals surface area contributed by atoms with Crippen molar-refractivity contribution < 1.29 is 9.59 Å². The van der Waals surface area contributed by atoms with Crippen LogP contribution in [0.1, 0.15) is 52.4 Å². The molecule has 0 atom stereocenters. The Kier molecular flexibility index (Phi) is 29.4. The van der Waals surface area contributed by atoms with Gasteiger partial charge in [-0.2, -0.15) is 0 Å². The summed E-state index contributed by atoms with van der Waals surface area (Å²) in [6.07, 6.45) is 9.00. The minimum absolute atomic E-state index is 0. The minimum atomic E-state index is -0.333. The van der Waals surface area contributed by atoms with Crippen molar-refractivity contribution >= 4 is 11.8 Å². The highest BCUT2D eigenvalue weighted by Crippen LogP contribution is 2.15. The lowest BCUT2D eigenvalue weighted by Crippen LogP contribution is -2.01. The van der Waals surface area contributed by atoms with Crippen molar-refractivity contribution in [2.45, 2.75) is 52.4 Å². The zero-order valence-corrected chi connectivity index (χ0v) is 10.6. The summed E-state index contributed by atoms with van der Waals surface area (Å²) in [5, 5.41) is 0. The fourth-order valence-electron chi connectivity index (χ4n) is 1.06. The van der Waals surface area contributed by atoms with Crippen LogP contribution in [-0.4, -0.2) is 11.8 Å². The topological polar surface area (TPSA) is 156 Å². The maximum absolute atomic E-state index is 9.22. The molecule has 6 nitrogen and oxygen atoms in total. The number of amides is 2. The van der Waals surface area contributed by atoms with Gasteiger partial charge in [-0.1, -0.05) is 38.5 Å². The molecule has 0 saturated heterocycles. The highest BCUT2D eigenvalue weighted by Gasteiger charge is 1.95. The van der Waals surface area contributed by atoms with Gasteiger partial charge in [-0.05, 0) is 0 Å². The zero-order valence-electron chi connectivity index (χ0n) is 10.6. The SMILES string of the molecule is C1CCCCC1.CC(N)=O.CC(N)=O.N.N. The number of carbonyl (C=O) groups excluding carboxylic acids is 2. The first-order valence-electron chi connectivity index (χ1n) is 4.99. The minimum Gasteiger partial charge on any atom is -0.370 e. The molecule has 100 valence electrons. The molecule has 0 heterocycles. The summed E-state index contributed by atoms with van der Waals surface area (Å²) in [4.78, 5) is 18.4. The van der Waals surface area contributed by atoms with Crippen LogP contribution in [0.4, 0.5) is 0 Å². The van der Waals surface area contributed by atoms with Crippen LogP contribution in [0.3, 0.4) is 0 Å². The fraction of sp³-hybridized carbons (Fsp3) is 0.800.